The standard InChI is InChI=1S/C26H23BrN2O2S/c1-26(2)14-18-23(20(30)15-26)24(21-12-13-22(27)32-21)29(19-11-7-6-10-17(19)28-18)25(31)16-8-4-3-5-9-16/h3-13,24,28H,14-15H2,1-2H3. The second kappa shape index (κ2) is 8.01. The van der Waals surface area contributed by atoms with E-state index in [9.17, 15) is 9.59 Å². The van der Waals surface area contributed by atoms with Crippen LogP contribution >= 0.6 is 27.3 Å². The first-order valence-corrected chi connectivity index (χ1v) is 12.2. The number of Topliss-reactive ketones (excluding diaryl/α,β-unsaturated/α-hetero) is 1. The lowest BCUT2D eigenvalue weighted by molar-refractivity contribution is -0.118. The van der Waals surface area contributed by atoms with Crippen molar-refractivity contribution in [2.45, 2.75) is 32.7 Å². The third-order valence-corrected chi connectivity index (χ3v) is 7.68. The fourth-order valence-corrected chi connectivity index (χ4v) is 6.20. The number of amides is 1. The van der Waals surface area contributed by atoms with Gasteiger partial charge in [-0.3, -0.25) is 14.5 Å². The molecular weight excluding hydrogens is 484 g/mol. The van der Waals surface area contributed by atoms with E-state index in [0.29, 0.717) is 17.6 Å². The molecule has 1 unspecified atom stereocenters. The molecular formula is C26H23BrN2O2S. The van der Waals surface area contributed by atoms with Gasteiger partial charge < -0.3 is 5.32 Å². The van der Waals surface area contributed by atoms with Gasteiger partial charge in [0.25, 0.3) is 5.91 Å². The maximum atomic E-state index is 14.0. The monoisotopic (exact) mass is 506 g/mol. The van der Waals surface area contributed by atoms with Crippen molar-refractivity contribution in [1.29, 1.82) is 0 Å². The van der Waals surface area contributed by atoms with Crippen molar-refractivity contribution < 1.29 is 9.59 Å². The minimum absolute atomic E-state index is 0.0944. The van der Waals surface area contributed by atoms with Crippen LogP contribution in [0.4, 0.5) is 11.4 Å². The number of benzene rings is 2. The molecule has 6 heteroatoms. The molecule has 0 spiro atoms. The molecule has 3 aromatic rings. The normalized spacial score (nSPS) is 19.7. The number of para-hydroxylation sites is 2. The number of allylic oxidation sites excluding steroid dienone is 1. The van der Waals surface area contributed by atoms with Crippen LogP contribution in [0.25, 0.3) is 0 Å². The number of thiophene rings is 1. The van der Waals surface area contributed by atoms with Crippen LogP contribution in [0.1, 0.15) is 48.0 Å². The Hall–Kier alpha value is -2.70. The number of nitrogens with one attached hydrogen (secondary N) is 1. The van der Waals surface area contributed by atoms with E-state index < -0.39 is 6.04 Å². The maximum absolute atomic E-state index is 14.0. The van der Waals surface area contributed by atoms with Crippen molar-refractivity contribution in [2.75, 3.05) is 10.2 Å². The predicted octanol–water partition coefficient (Wildman–Crippen LogP) is 6.97. The molecule has 2 heterocycles. The van der Waals surface area contributed by atoms with Gasteiger partial charge >= 0.3 is 0 Å². The number of halogens is 1. The van der Waals surface area contributed by atoms with Gasteiger partial charge in [-0.05, 0) is 64.2 Å². The van der Waals surface area contributed by atoms with Crippen LogP contribution in [0.15, 0.2) is 81.8 Å². The number of hydrogen-bond donors (Lipinski definition) is 1. The average molecular weight is 507 g/mol. The largest absolute Gasteiger partial charge is 0.357 e. The molecule has 5 rings (SSSR count). The number of fused-ring (bicyclic) bond motifs is 1. The van der Waals surface area contributed by atoms with E-state index in [4.69, 9.17) is 0 Å². The molecule has 2 aromatic carbocycles. The fraction of sp³-hybridized carbons (Fsp3) is 0.231. The van der Waals surface area contributed by atoms with E-state index in [0.717, 1.165) is 32.2 Å². The van der Waals surface area contributed by atoms with E-state index >= 15 is 0 Å². The van der Waals surface area contributed by atoms with Crippen LogP contribution in [0.3, 0.4) is 0 Å². The lowest BCUT2D eigenvalue weighted by Crippen LogP contribution is -2.39. The second-order valence-corrected chi connectivity index (χ2v) is 11.6. The Kier molecular flexibility index (Phi) is 5.30. The van der Waals surface area contributed by atoms with Crippen LogP contribution in [-0.2, 0) is 4.79 Å². The lowest BCUT2D eigenvalue weighted by atomic mass is 9.74. The molecule has 1 aliphatic heterocycles. The highest BCUT2D eigenvalue weighted by Crippen LogP contribution is 2.50. The van der Waals surface area contributed by atoms with Gasteiger partial charge in [0.1, 0.15) is 6.04 Å². The number of nitrogens with zero attached hydrogens (tertiary/aromatic N) is 1. The van der Waals surface area contributed by atoms with Gasteiger partial charge in [0.15, 0.2) is 5.78 Å². The van der Waals surface area contributed by atoms with Crippen molar-refractivity contribution in [2.24, 2.45) is 5.41 Å². The van der Waals surface area contributed by atoms with Crippen molar-refractivity contribution in [3.63, 3.8) is 0 Å². The highest BCUT2D eigenvalue weighted by molar-refractivity contribution is 9.11. The molecule has 0 bridgehead atoms. The summed E-state index contributed by atoms with van der Waals surface area (Å²) in [5, 5.41) is 3.55. The first-order valence-electron chi connectivity index (χ1n) is 10.6. The van der Waals surface area contributed by atoms with Crippen LogP contribution < -0.4 is 10.2 Å². The summed E-state index contributed by atoms with van der Waals surface area (Å²) in [6, 6.07) is 20.6. The van der Waals surface area contributed by atoms with E-state index in [2.05, 4.69) is 35.1 Å². The highest BCUT2D eigenvalue weighted by Gasteiger charge is 2.43. The van der Waals surface area contributed by atoms with Crippen molar-refractivity contribution >= 4 is 50.3 Å². The third kappa shape index (κ3) is 3.71. The Morgan fingerprint density at radius 1 is 1.03 bits per heavy atom. The molecule has 162 valence electrons. The van der Waals surface area contributed by atoms with Crippen molar-refractivity contribution in [3.8, 4) is 0 Å². The number of carbonyl (C=O) groups excluding carboxylic acids is 2. The summed E-state index contributed by atoms with van der Waals surface area (Å²) < 4.78 is 0.968. The molecule has 0 radical (unpaired) electrons. The number of hydrogen-bond acceptors (Lipinski definition) is 4. The Labute approximate surface area is 200 Å². The third-order valence-electron chi connectivity index (χ3n) is 6.00. The molecule has 0 saturated carbocycles. The Bertz CT molecular complexity index is 1250. The van der Waals surface area contributed by atoms with Crippen molar-refractivity contribution in [1.82, 2.24) is 0 Å². The molecule has 1 aliphatic carbocycles. The van der Waals surface area contributed by atoms with Gasteiger partial charge in [0, 0.05) is 28.1 Å². The molecule has 1 N–H and O–H groups in total. The Morgan fingerprint density at radius 2 is 1.75 bits per heavy atom. The minimum atomic E-state index is -0.492. The zero-order valence-electron chi connectivity index (χ0n) is 17.9. The first-order chi connectivity index (χ1) is 15.3. The van der Waals surface area contributed by atoms with Gasteiger partial charge in [0.05, 0.1) is 15.2 Å². The van der Waals surface area contributed by atoms with Crippen LogP contribution in [0.2, 0.25) is 0 Å². The Balaban J connectivity index is 1.79. The molecule has 32 heavy (non-hydrogen) atoms. The SMILES string of the molecule is CC1(C)CC(=O)C2=C(C1)Nc1ccccc1N(C(=O)c1ccccc1)C2c1ccc(Br)s1. The first kappa shape index (κ1) is 21.2. The zero-order chi connectivity index (χ0) is 22.5. The molecule has 1 amide bonds. The van der Waals surface area contributed by atoms with Crippen LogP contribution in [0.5, 0.6) is 0 Å². The minimum Gasteiger partial charge on any atom is -0.357 e. The summed E-state index contributed by atoms with van der Waals surface area (Å²) >= 11 is 5.13. The van der Waals surface area contributed by atoms with Gasteiger partial charge in [-0.25, -0.2) is 0 Å². The van der Waals surface area contributed by atoms with E-state index in [1.54, 1.807) is 16.2 Å². The van der Waals surface area contributed by atoms with Gasteiger partial charge in [-0.2, -0.15) is 0 Å². The smallest absolute Gasteiger partial charge is 0.259 e. The summed E-state index contributed by atoms with van der Waals surface area (Å²) in [7, 11) is 0. The summed E-state index contributed by atoms with van der Waals surface area (Å²) in [5.74, 6) is -0.0299. The van der Waals surface area contributed by atoms with E-state index in [1.807, 2.05) is 66.7 Å². The summed E-state index contributed by atoms with van der Waals surface area (Å²) in [4.78, 5) is 30.3. The van der Waals surface area contributed by atoms with Crippen molar-refractivity contribution in [3.05, 3.63) is 92.2 Å². The molecule has 1 aromatic heterocycles. The fourth-order valence-electron chi connectivity index (χ4n) is 4.67. The lowest BCUT2D eigenvalue weighted by Gasteiger charge is -2.36. The van der Waals surface area contributed by atoms with E-state index in [-0.39, 0.29) is 17.1 Å². The number of carbonyl (C=O) groups is 2. The summed E-state index contributed by atoms with van der Waals surface area (Å²) in [5.41, 5.74) is 3.67. The quantitative estimate of drug-likeness (QED) is 0.408. The number of rotatable bonds is 2. The molecule has 4 nitrogen and oxygen atoms in total. The second-order valence-electron chi connectivity index (χ2n) is 9.06. The predicted molar refractivity (Wildman–Crippen MR) is 133 cm³/mol. The maximum Gasteiger partial charge on any atom is 0.259 e. The Morgan fingerprint density at radius 3 is 2.47 bits per heavy atom. The topological polar surface area (TPSA) is 49.4 Å². The van der Waals surface area contributed by atoms with Crippen LogP contribution in [0, 0.1) is 5.41 Å². The summed E-state index contributed by atoms with van der Waals surface area (Å²) in [6.07, 6.45) is 1.21. The van der Waals surface area contributed by atoms with Gasteiger partial charge in [-0.1, -0.05) is 44.2 Å². The average Bonchev–Trinajstić information content (AvgIpc) is 3.12. The molecule has 0 fully saturated rings. The molecule has 0 saturated heterocycles. The number of anilines is 2. The zero-order valence-corrected chi connectivity index (χ0v) is 20.3. The van der Waals surface area contributed by atoms with E-state index in [1.165, 1.54) is 0 Å². The number of ketones is 1. The molecule has 2 aliphatic rings. The van der Waals surface area contributed by atoms with Gasteiger partial charge in [-0.15, -0.1) is 11.3 Å². The summed E-state index contributed by atoms with van der Waals surface area (Å²) in [6.45, 7) is 4.24. The molecule has 1 atom stereocenters. The van der Waals surface area contributed by atoms with Crippen LogP contribution in [-0.4, -0.2) is 11.7 Å². The highest BCUT2D eigenvalue weighted by atomic mass is 79.9. The van der Waals surface area contributed by atoms with Gasteiger partial charge in [0.2, 0.25) is 0 Å².